The Balaban J connectivity index is 1.92. The maximum Gasteiger partial charge on any atom is 0.310 e. The van der Waals surface area contributed by atoms with Crippen LogP contribution < -0.4 is 5.32 Å². The molecule has 3 rings (SSSR count). The van der Waals surface area contributed by atoms with Crippen LogP contribution in [0.5, 0.6) is 0 Å². The Morgan fingerprint density at radius 3 is 2.32 bits per heavy atom. The first-order valence-corrected chi connectivity index (χ1v) is 9.99. The van der Waals surface area contributed by atoms with Gasteiger partial charge in [0.15, 0.2) is 9.84 Å². The summed E-state index contributed by atoms with van der Waals surface area (Å²) >= 11 is 0. The quantitative estimate of drug-likeness (QED) is 0.629. The molecule has 1 N–H and O–H groups in total. The van der Waals surface area contributed by atoms with Crippen LogP contribution in [0, 0.1) is 10.1 Å². The van der Waals surface area contributed by atoms with Crippen LogP contribution in [0.1, 0.15) is 24.8 Å². The van der Waals surface area contributed by atoms with Crippen molar-refractivity contribution in [2.75, 3.05) is 18.1 Å². The van der Waals surface area contributed by atoms with Gasteiger partial charge in [-0.25, -0.2) is 8.42 Å². The first-order valence-electron chi connectivity index (χ1n) is 8.10. The Morgan fingerprint density at radius 1 is 1.12 bits per heavy atom. The van der Waals surface area contributed by atoms with Crippen molar-refractivity contribution >= 4 is 21.2 Å². The van der Waals surface area contributed by atoms with E-state index in [2.05, 4.69) is 17.4 Å². The second-order valence-electron chi connectivity index (χ2n) is 6.54. The molecule has 0 saturated heterocycles. The Bertz CT molecular complexity index is 891. The van der Waals surface area contributed by atoms with Crippen LogP contribution in [-0.2, 0) is 15.3 Å². The van der Waals surface area contributed by atoms with Crippen molar-refractivity contribution in [1.29, 1.82) is 0 Å². The van der Waals surface area contributed by atoms with Gasteiger partial charge in [-0.1, -0.05) is 42.8 Å². The minimum absolute atomic E-state index is 0.0593. The second-order valence-corrected chi connectivity index (χ2v) is 8.52. The normalized spacial score (nSPS) is 16.0. The Hall–Kier alpha value is -2.41. The van der Waals surface area contributed by atoms with Gasteiger partial charge in [0, 0.05) is 18.2 Å². The number of rotatable bonds is 6. The van der Waals surface area contributed by atoms with E-state index >= 15 is 0 Å². The number of nitro groups is 1. The molecule has 1 aliphatic carbocycles. The van der Waals surface area contributed by atoms with E-state index in [1.54, 1.807) is 6.07 Å². The molecule has 0 radical (unpaired) electrons. The average Bonchev–Trinajstić information content (AvgIpc) is 2.53. The fraction of sp³-hybridized carbons (Fsp3) is 0.333. The number of hydrogen-bond donors (Lipinski definition) is 1. The molecule has 6 nitrogen and oxygen atoms in total. The minimum Gasteiger partial charge on any atom is -0.379 e. The van der Waals surface area contributed by atoms with Crippen molar-refractivity contribution in [2.45, 2.75) is 29.6 Å². The van der Waals surface area contributed by atoms with Crippen LogP contribution in [0.15, 0.2) is 53.4 Å². The smallest absolute Gasteiger partial charge is 0.310 e. The summed E-state index contributed by atoms with van der Waals surface area (Å²) in [6, 6.07) is 14.4. The topological polar surface area (TPSA) is 89.3 Å². The van der Waals surface area contributed by atoms with Gasteiger partial charge in [0.1, 0.15) is 10.6 Å². The molecular formula is C18H20N2O4S. The van der Waals surface area contributed by atoms with Crippen LogP contribution >= 0.6 is 0 Å². The van der Waals surface area contributed by atoms with Gasteiger partial charge in [0.25, 0.3) is 0 Å². The average molecular weight is 360 g/mol. The van der Waals surface area contributed by atoms with Gasteiger partial charge in [0.2, 0.25) is 0 Å². The van der Waals surface area contributed by atoms with E-state index in [0.29, 0.717) is 6.54 Å². The van der Waals surface area contributed by atoms with E-state index in [9.17, 15) is 18.5 Å². The molecule has 0 spiro atoms. The predicted molar refractivity (Wildman–Crippen MR) is 96.7 cm³/mol. The number of anilines is 1. The highest BCUT2D eigenvalue weighted by atomic mass is 32.2. The van der Waals surface area contributed by atoms with Gasteiger partial charge in [-0.2, -0.15) is 0 Å². The van der Waals surface area contributed by atoms with Crippen molar-refractivity contribution in [1.82, 2.24) is 0 Å². The summed E-state index contributed by atoms with van der Waals surface area (Å²) in [6.07, 6.45) is 4.10. The number of benzene rings is 2. The number of nitro benzene ring substituents is 1. The summed E-state index contributed by atoms with van der Waals surface area (Å²) in [7, 11) is -3.68. The highest BCUT2D eigenvalue weighted by Gasteiger charge is 2.39. The van der Waals surface area contributed by atoms with Crippen LogP contribution in [0.25, 0.3) is 0 Å². The lowest BCUT2D eigenvalue weighted by Gasteiger charge is -2.42. The lowest BCUT2D eigenvalue weighted by atomic mass is 9.64. The molecule has 132 valence electrons. The fourth-order valence-electron chi connectivity index (χ4n) is 3.38. The van der Waals surface area contributed by atoms with E-state index in [1.165, 1.54) is 17.7 Å². The van der Waals surface area contributed by atoms with E-state index in [4.69, 9.17) is 0 Å². The molecule has 0 bridgehead atoms. The molecule has 1 aliphatic rings. The summed E-state index contributed by atoms with van der Waals surface area (Å²) in [5.41, 5.74) is 1.01. The molecule has 0 heterocycles. The molecule has 25 heavy (non-hydrogen) atoms. The zero-order valence-electron chi connectivity index (χ0n) is 13.9. The van der Waals surface area contributed by atoms with Crippen LogP contribution in [0.2, 0.25) is 0 Å². The molecule has 0 aromatic heterocycles. The summed E-state index contributed by atoms with van der Waals surface area (Å²) < 4.78 is 23.7. The molecule has 1 fully saturated rings. The minimum atomic E-state index is -3.68. The largest absolute Gasteiger partial charge is 0.379 e. The van der Waals surface area contributed by atoms with Gasteiger partial charge in [0.05, 0.1) is 4.92 Å². The lowest BCUT2D eigenvalue weighted by Crippen LogP contribution is -2.41. The molecule has 0 aliphatic heterocycles. The highest BCUT2D eigenvalue weighted by Crippen LogP contribution is 2.44. The van der Waals surface area contributed by atoms with Crippen molar-refractivity contribution in [3.63, 3.8) is 0 Å². The van der Waals surface area contributed by atoms with E-state index in [1.807, 2.05) is 18.2 Å². The number of hydrogen-bond acceptors (Lipinski definition) is 5. The maximum absolute atomic E-state index is 11.9. The van der Waals surface area contributed by atoms with Crippen LogP contribution in [0.4, 0.5) is 11.4 Å². The van der Waals surface area contributed by atoms with Gasteiger partial charge in [-0.3, -0.25) is 10.1 Å². The Morgan fingerprint density at radius 2 is 1.80 bits per heavy atom. The van der Waals surface area contributed by atoms with Crippen molar-refractivity contribution in [3.05, 3.63) is 64.2 Å². The summed E-state index contributed by atoms with van der Waals surface area (Å²) in [5.74, 6) is 0. The summed E-state index contributed by atoms with van der Waals surface area (Å²) in [4.78, 5) is 10.6. The molecule has 0 amide bonds. The number of nitrogens with one attached hydrogen (secondary N) is 1. The first kappa shape index (κ1) is 17.4. The number of para-hydroxylation sites is 1. The molecule has 0 unspecified atom stereocenters. The molecule has 2 aromatic rings. The number of nitrogens with zero attached hydrogens (tertiary/aromatic N) is 1. The Kier molecular flexibility index (Phi) is 4.51. The molecule has 7 heteroatoms. The lowest BCUT2D eigenvalue weighted by molar-refractivity contribution is -0.386. The van der Waals surface area contributed by atoms with E-state index < -0.39 is 14.8 Å². The van der Waals surface area contributed by atoms with E-state index in [-0.39, 0.29) is 21.7 Å². The Labute approximate surface area is 147 Å². The number of sulfone groups is 1. The second kappa shape index (κ2) is 6.48. The third-order valence-electron chi connectivity index (χ3n) is 4.90. The van der Waals surface area contributed by atoms with Crippen molar-refractivity contribution < 1.29 is 13.3 Å². The zero-order valence-corrected chi connectivity index (χ0v) is 14.8. The van der Waals surface area contributed by atoms with Gasteiger partial charge >= 0.3 is 5.69 Å². The molecule has 0 atom stereocenters. The summed E-state index contributed by atoms with van der Waals surface area (Å²) in [6.45, 7) is 0.533. The van der Waals surface area contributed by atoms with Gasteiger partial charge in [-0.15, -0.1) is 0 Å². The molecular weight excluding hydrogens is 340 g/mol. The zero-order chi connectivity index (χ0) is 18.1. The summed E-state index contributed by atoms with van der Waals surface area (Å²) in [5, 5.41) is 14.6. The van der Waals surface area contributed by atoms with Crippen LogP contribution in [0.3, 0.4) is 0 Å². The maximum atomic E-state index is 11.9. The van der Waals surface area contributed by atoms with Gasteiger partial charge < -0.3 is 5.32 Å². The fourth-order valence-corrected chi connectivity index (χ4v) is 4.24. The predicted octanol–water partition coefficient (Wildman–Crippen LogP) is 3.53. The van der Waals surface area contributed by atoms with E-state index in [0.717, 1.165) is 25.5 Å². The van der Waals surface area contributed by atoms with Crippen LogP contribution in [-0.4, -0.2) is 26.1 Å². The highest BCUT2D eigenvalue weighted by molar-refractivity contribution is 7.90. The standard InChI is InChI=1S/C18H20N2O4S/c1-25(23,24)16-10-5-9-15(17(16)20(21)22)19-13-18(11-6-12-18)14-7-3-2-4-8-14/h2-5,7-10,19H,6,11-13H2,1H3. The van der Waals surface area contributed by atoms with Crippen molar-refractivity contribution in [2.24, 2.45) is 0 Å². The SMILES string of the molecule is CS(=O)(=O)c1cccc(NCC2(c3ccccc3)CCC2)c1[N+](=O)[O-]. The molecule has 2 aromatic carbocycles. The third kappa shape index (κ3) is 3.37. The van der Waals surface area contributed by atoms with Crippen molar-refractivity contribution in [3.8, 4) is 0 Å². The third-order valence-corrected chi connectivity index (χ3v) is 6.02. The monoisotopic (exact) mass is 360 g/mol. The molecule has 1 saturated carbocycles. The van der Waals surface area contributed by atoms with Gasteiger partial charge in [-0.05, 0) is 30.5 Å². The first-order chi connectivity index (χ1) is 11.8.